The Morgan fingerprint density at radius 2 is 2.23 bits per heavy atom. The predicted molar refractivity (Wildman–Crippen MR) is 82.3 cm³/mol. The van der Waals surface area contributed by atoms with Gasteiger partial charge in [0.25, 0.3) is 0 Å². The van der Waals surface area contributed by atoms with Crippen LogP contribution in [0.3, 0.4) is 0 Å². The van der Waals surface area contributed by atoms with E-state index in [1.807, 2.05) is 42.2 Å². The summed E-state index contributed by atoms with van der Waals surface area (Å²) in [6, 6.07) is 9.52. The number of aromatic nitrogens is 1. The molecule has 1 heterocycles. The van der Waals surface area contributed by atoms with E-state index in [1.54, 1.807) is 7.11 Å². The van der Waals surface area contributed by atoms with Gasteiger partial charge in [0.1, 0.15) is 11.4 Å². The molecule has 0 atom stereocenters. The first-order valence-corrected chi connectivity index (χ1v) is 7.60. The normalized spacial score (nSPS) is 13.9. The maximum Gasteiger partial charge on any atom is 0.226 e. The van der Waals surface area contributed by atoms with Gasteiger partial charge in [-0.2, -0.15) is 0 Å². The van der Waals surface area contributed by atoms with Gasteiger partial charge in [0.05, 0.1) is 13.7 Å². The van der Waals surface area contributed by atoms with Gasteiger partial charge in [-0.3, -0.25) is 4.79 Å². The highest BCUT2D eigenvalue weighted by Gasteiger charge is 2.33. The van der Waals surface area contributed by atoms with Crippen molar-refractivity contribution >= 4 is 5.91 Å². The molecular weight excluding hydrogens is 280 g/mol. The van der Waals surface area contributed by atoms with E-state index in [4.69, 9.17) is 9.26 Å². The van der Waals surface area contributed by atoms with E-state index in [2.05, 4.69) is 5.16 Å². The zero-order chi connectivity index (χ0) is 15.5. The third-order valence-electron chi connectivity index (χ3n) is 3.89. The van der Waals surface area contributed by atoms with Gasteiger partial charge in [-0.15, -0.1) is 0 Å². The fourth-order valence-electron chi connectivity index (χ4n) is 2.43. The van der Waals surface area contributed by atoms with Crippen molar-refractivity contribution in [3.8, 4) is 17.1 Å². The third kappa shape index (κ3) is 3.13. The molecule has 22 heavy (non-hydrogen) atoms. The first-order chi connectivity index (χ1) is 10.7. The maximum atomic E-state index is 12.2. The summed E-state index contributed by atoms with van der Waals surface area (Å²) in [5.41, 5.74) is 1.68. The van der Waals surface area contributed by atoms with E-state index < -0.39 is 0 Å². The van der Waals surface area contributed by atoms with Crippen LogP contribution in [-0.2, 0) is 11.3 Å². The number of hydrogen-bond donors (Lipinski definition) is 0. The molecule has 0 spiro atoms. The van der Waals surface area contributed by atoms with Crippen LogP contribution in [-0.4, -0.2) is 29.6 Å². The molecule has 0 radical (unpaired) electrons. The summed E-state index contributed by atoms with van der Waals surface area (Å²) >= 11 is 0. The lowest BCUT2D eigenvalue weighted by molar-refractivity contribution is -0.133. The zero-order valence-corrected chi connectivity index (χ0v) is 12.9. The number of methoxy groups -OCH3 is 1. The van der Waals surface area contributed by atoms with E-state index in [1.165, 1.54) is 0 Å². The third-order valence-corrected chi connectivity index (χ3v) is 3.89. The molecule has 1 aliphatic rings. The molecule has 1 saturated carbocycles. The quantitative estimate of drug-likeness (QED) is 0.822. The Balaban J connectivity index is 1.73. The van der Waals surface area contributed by atoms with Gasteiger partial charge in [0, 0.05) is 24.1 Å². The Hall–Kier alpha value is -2.30. The van der Waals surface area contributed by atoms with Crippen LogP contribution in [0.15, 0.2) is 34.9 Å². The number of hydrogen-bond acceptors (Lipinski definition) is 4. The van der Waals surface area contributed by atoms with Gasteiger partial charge in [-0.25, -0.2) is 0 Å². The molecule has 1 aromatic carbocycles. The Morgan fingerprint density at radius 1 is 1.41 bits per heavy atom. The van der Waals surface area contributed by atoms with Gasteiger partial charge in [0.2, 0.25) is 5.91 Å². The molecule has 3 rings (SSSR count). The van der Waals surface area contributed by atoms with Crippen LogP contribution in [0.2, 0.25) is 0 Å². The molecule has 0 bridgehead atoms. The van der Waals surface area contributed by atoms with Crippen molar-refractivity contribution in [1.29, 1.82) is 0 Å². The molecule has 0 aliphatic heterocycles. The van der Waals surface area contributed by atoms with E-state index in [0.717, 1.165) is 29.8 Å². The van der Waals surface area contributed by atoms with Crippen molar-refractivity contribution in [2.75, 3.05) is 13.7 Å². The monoisotopic (exact) mass is 300 g/mol. The van der Waals surface area contributed by atoms with Gasteiger partial charge >= 0.3 is 0 Å². The number of carbonyl (C=O) groups excluding carboxylic acids is 1. The number of ether oxygens (including phenoxy) is 1. The van der Waals surface area contributed by atoms with Crippen molar-refractivity contribution in [2.24, 2.45) is 5.92 Å². The minimum atomic E-state index is 0.227. The molecular formula is C17H20N2O3. The van der Waals surface area contributed by atoms with E-state index >= 15 is 0 Å². The summed E-state index contributed by atoms with van der Waals surface area (Å²) in [6.45, 7) is 3.18. The number of carbonyl (C=O) groups is 1. The minimum absolute atomic E-state index is 0.227. The van der Waals surface area contributed by atoms with Crippen LogP contribution >= 0.6 is 0 Å². The van der Waals surface area contributed by atoms with Gasteiger partial charge < -0.3 is 14.2 Å². The van der Waals surface area contributed by atoms with E-state index in [0.29, 0.717) is 18.8 Å². The smallest absolute Gasteiger partial charge is 0.226 e. The van der Waals surface area contributed by atoms with E-state index in [-0.39, 0.29) is 11.8 Å². The van der Waals surface area contributed by atoms with Crippen molar-refractivity contribution in [3.63, 3.8) is 0 Å². The molecule has 2 aromatic rings. The largest absolute Gasteiger partial charge is 0.497 e. The highest BCUT2D eigenvalue weighted by Crippen LogP contribution is 2.31. The topological polar surface area (TPSA) is 55.6 Å². The summed E-state index contributed by atoms with van der Waals surface area (Å²) in [4.78, 5) is 14.0. The molecule has 1 fully saturated rings. The SMILES string of the molecule is CCN(Cc1cc(-c2cccc(OC)c2)on1)C(=O)C1CC1. The zero-order valence-electron chi connectivity index (χ0n) is 12.9. The highest BCUT2D eigenvalue weighted by molar-refractivity contribution is 5.81. The second-order valence-electron chi connectivity index (χ2n) is 5.54. The number of nitrogens with zero attached hydrogens (tertiary/aromatic N) is 2. The average Bonchev–Trinajstić information content (AvgIpc) is 3.31. The second-order valence-corrected chi connectivity index (χ2v) is 5.54. The van der Waals surface area contributed by atoms with Crippen molar-refractivity contribution < 1.29 is 14.1 Å². The van der Waals surface area contributed by atoms with E-state index in [9.17, 15) is 4.79 Å². The Labute approximate surface area is 129 Å². The fourth-order valence-corrected chi connectivity index (χ4v) is 2.43. The van der Waals surface area contributed by atoms with Crippen LogP contribution in [0, 0.1) is 5.92 Å². The standard InChI is InChI=1S/C17H20N2O3/c1-3-19(17(20)12-7-8-12)11-14-10-16(22-18-14)13-5-4-6-15(9-13)21-2/h4-6,9-10,12H,3,7-8,11H2,1-2H3. The van der Waals surface area contributed by atoms with Crippen LogP contribution in [0.4, 0.5) is 0 Å². The van der Waals surface area contributed by atoms with Crippen molar-refractivity contribution in [2.45, 2.75) is 26.3 Å². The molecule has 0 N–H and O–H groups in total. The first kappa shape index (κ1) is 14.6. The molecule has 1 amide bonds. The average molecular weight is 300 g/mol. The Bertz CT molecular complexity index is 661. The summed E-state index contributed by atoms with van der Waals surface area (Å²) < 4.78 is 10.6. The summed E-state index contributed by atoms with van der Waals surface area (Å²) in [7, 11) is 1.63. The first-order valence-electron chi connectivity index (χ1n) is 7.60. The predicted octanol–water partition coefficient (Wildman–Crippen LogP) is 3.11. The highest BCUT2D eigenvalue weighted by atomic mass is 16.5. The lowest BCUT2D eigenvalue weighted by Gasteiger charge is -2.19. The van der Waals surface area contributed by atoms with Crippen LogP contribution in [0.5, 0.6) is 5.75 Å². The Kier molecular flexibility index (Phi) is 4.13. The van der Waals surface area contributed by atoms with Crippen LogP contribution < -0.4 is 4.74 Å². The maximum absolute atomic E-state index is 12.2. The molecule has 0 saturated heterocycles. The molecule has 5 nitrogen and oxygen atoms in total. The van der Waals surface area contributed by atoms with Gasteiger partial charge in [-0.05, 0) is 31.9 Å². The summed E-state index contributed by atoms with van der Waals surface area (Å²) in [5.74, 6) is 1.91. The van der Waals surface area contributed by atoms with Crippen LogP contribution in [0.1, 0.15) is 25.5 Å². The number of rotatable bonds is 6. The molecule has 1 aromatic heterocycles. The molecule has 0 unspecified atom stereocenters. The van der Waals surface area contributed by atoms with Crippen molar-refractivity contribution in [1.82, 2.24) is 10.1 Å². The van der Waals surface area contributed by atoms with Gasteiger partial charge in [0.15, 0.2) is 5.76 Å². The second kappa shape index (κ2) is 6.22. The van der Waals surface area contributed by atoms with Crippen LogP contribution in [0.25, 0.3) is 11.3 Å². The summed E-state index contributed by atoms with van der Waals surface area (Å²) in [5, 5.41) is 4.09. The van der Waals surface area contributed by atoms with Gasteiger partial charge in [-0.1, -0.05) is 17.3 Å². The number of benzene rings is 1. The number of amides is 1. The molecule has 116 valence electrons. The Morgan fingerprint density at radius 3 is 2.91 bits per heavy atom. The summed E-state index contributed by atoms with van der Waals surface area (Å²) in [6.07, 6.45) is 2.03. The molecule has 5 heteroatoms. The lowest BCUT2D eigenvalue weighted by atomic mass is 10.1. The fraction of sp³-hybridized carbons (Fsp3) is 0.412. The minimum Gasteiger partial charge on any atom is -0.497 e. The lowest BCUT2D eigenvalue weighted by Crippen LogP contribution is -2.31. The molecule has 1 aliphatic carbocycles. The van der Waals surface area contributed by atoms with Crippen molar-refractivity contribution in [3.05, 3.63) is 36.0 Å².